The van der Waals surface area contributed by atoms with Crippen molar-refractivity contribution in [3.8, 4) is 0 Å². The van der Waals surface area contributed by atoms with Crippen LogP contribution in [0.1, 0.15) is 22.3 Å². The third-order valence-electron chi connectivity index (χ3n) is 6.18. The number of fused-ring (bicyclic) bond motifs is 1. The molecule has 0 aliphatic rings. The first-order valence-electron chi connectivity index (χ1n) is 14.3. The Labute approximate surface area is 373 Å². The fourth-order valence-electron chi connectivity index (χ4n) is 3.98. The summed E-state index contributed by atoms with van der Waals surface area (Å²) in [5.41, 5.74) is 6.07. The standard InChI is InChI=1S/C20H14N3.3C7H7.CH3.Hf.2Pr/c1-3-7-16(8-4-1)15-23-14-13-17-11-12-19(22-20(17)23)21-18-9-5-2-6-10-18;3*1-7-5-3-2-4-6-7;;;;/h1-8,11-14H,15H2;3*2-6H,1H2;1H3;;;/q-3;4*-1;+4;;. The van der Waals surface area contributed by atoms with Crippen LogP contribution in [0.5, 0.6) is 0 Å². The van der Waals surface area contributed by atoms with Gasteiger partial charge in [0, 0.05) is 101 Å². The summed E-state index contributed by atoms with van der Waals surface area (Å²) >= 11 is 0. The number of benzene rings is 5. The van der Waals surface area contributed by atoms with Gasteiger partial charge in [-0.1, -0.05) is 66.5 Å². The van der Waals surface area contributed by atoms with Gasteiger partial charge in [0.15, 0.2) is 0 Å². The molecule has 2 radical (unpaired) electrons. The fourth-order valence-corrected chi connectivity index (χ4v) is 3.98. The maximum atomic E-state index is 4.68. The summed E-state index contributed by atoms with van der Waals surface area (Å²) in [4.78, 5) is 4.68. The van der Waals surface area contributed by atoms with E-state index in [1.54, 1.807) is 0 Å². The maximum Gasteiger partial charge on any atom is 4.00 e. The van der Waals surface area contributed by atoms with Crippen LogP contribution in [-0.4, -0.2) is 9.55 Å². The summed E-state index contributed by atoms with van der Waals surface area (Å²) in [5, 5.41) is 5.60. The largest absolute Gasteiger partial charge is 4.00 e. The SMILES string of the molecule is [CH2-]c1ccccc1.[CH2-]c1ccccc1.[CH2-]c1ccccc1.[CH3-].[Hf+4].[Pr].[Pr].[c-]1ccc[c-]c1[N-]c1ccc2ccn(Cc3ccccc3)c2n1. The van der Waals surface area contributed by atoms with Crippen LogP contribution in [0.25, 0.3) is 16.4 Å². The van der Waals surface area contributed by atoms with Gasteiger partial charge < -0.3 is 34.4 Å². The maximum absolute atomic E-state index is 4.68. The van der Waals surface area contributed by atoms with E-state index in [2.05, 4.69) is 84.3 Å². The topological polar surface area (TPSA) is 31.9 Å². The van der Waals surface area contributed by atoms with Crippen LogP contribution in [0, 0.1) is 123 Å². The number of aromatic nitrogens is 2. The average molecular weight is 1050 g/mol. The first kappa shape index (κ1) is 45.8. The second kappa shape index (κ2) is 26.6. The van der Waals surface area contributed by atoms with Gasteiger partial charge in [-0.25, -0.2) is 0 Å². The van der Waals surface area contributed by atoms with E-state index in [4.69, 9.17) is 0 Å². The van der Waals surface area contributed by atoms with E-state index in [-0.39, 0.29) is 116 Å². The van der Waals surface area contributed by atoms with Gasteiger partial charge in [-0.3, -0.25) is 23.9 Å². The molecule has 0 amide bonds. The molecular weight excluding hydrogens is 1010 g/mol. The van der Waals surface area contributed by atoms with Crippen LogP contribution in [0.4, 0.5) is 11.5 Å². The second-order valence-corrected chi connectivity index (χ2v) is 9.74. The summed E-state index contributed by atoms with van der Waals surface area (Å²) in [6.45, 7) is 12.0. The van der Waals surface area contributed by atoms with E-state index in [9.17, 15) is 0 Å². The van der Waals surface area contributed by atoms with Crippen LogP contribution < -0.4 is 0 Å². The predicted molar refractivity (Wildman–Crippen MR) is 191 cm³/mol. The molecule has 0 saturated carbocycles. The molecule has 5 aromatic carbocycles. The smallest absolute Gasteiger partial charge is 0.486 e. The van der Waals surface area contributed by atoms with Crippen molar-refractivity contribution in [2.45, 2.75) is 6.54 Å². The molecule has 6 heteroatoms. The zero-order valence-electron chi connectivity index (χ0n) is 27.4. The summed E-state index contributed by atoms with van der Waals surface area (Å²) in [5.74, 6) is 0.671. The summed E-state index contributed by atoms with van der Waals surface area (Å²) in [6, 6.07) is 57.7. The molecule has 0 aliphatic carbocycles. The molecule has 234 valence electrons. The number of hydrogen-bond acceptors (Lipinski definition) is 1. The minimum atomic E-state index is 0. The van der Waals surface area contributed by atoms with Gasteiger partial charge in [-0.05, 0) is 17.0 Å². The molecule has 0 N–H and O–H groups in total. The van der Waals surface area contributed by atoms with E-state index >= 15 is 0 Å². The predicted octanol–water partition coefficient (Wildman–Crippen LogP) is 11.1. The molecular formula is C42H38HfN3Pr2-3. The Balaban J connectivity index is 0.000000730. The number of hydrogen-bond donors (Lipinski definition) is 0. The Bertz CT molecular complexity index is 1680. The Morgan fingerprint density at radius 2 is 1.00 bits per heavy atom. The van der Waals surface area contributed by atoms with Crippen LogP contribution in [0.15, 0.2) is 164 Å². The average Bonchev–Trinajstić information content (AvgIpc) is 3.46. The Morgan fingerprint density at radius 3 is 1.42 bits per heavy atom. The van der Waals surface area contributed by atoms with Crippen molar-refractivity contribution in [3.63, 3.8) is 0 Å². The summed E-state index contributed by atoms with van der Waals surface area (Å²) < 4.78 is 2.14. The quantitative estimate of drug-likeness (QED) is 0.128. The van der Waals surface area contributed by atoms with Crippen molar-refractivity contribution >= 4 is 22.5 Å². The molecule has 0 atom stereocenters. The van der Waals surface area contributed by atoms with E-state index in [0.29, 0.717) is 11.5 Å². The molecule has 7 aromatic rings. The molecule has 0 spiro atoms. The van der Waals surface area contributed by atoms with Gasteiger partial charge in [0.25, 0.3) is 0 Å². The third-order valence-corrected chi connectivity index (χ3v) is 6.18. The van der Waals surface area contributed by atoms with E-state index in [0.717, 1.165) is 34.3 Å². The van der Waals surface area contributed by atoms with Crippen molar-refractivity contribution in [2.75, 3.05) is 0 Å². The number of rotatable bonds is 4. The number of pyridine rings is 1. The Kier molecular flexibility index (Phi) is 25.4. The first-order chi connectivity index (χ1) is 21.6. The molecule has 0 fully saturated rings. The van der Waals surface area contributed by atoms with Gasteiger partial charge in [0.05, 0.1) is 0 Å². The molecule has 2 aromatic heterocycles. The Morgan fingerprint density at radius 1 is 0.562 bits per heavy atom. The van der Waals surface area contributed by atoms with Crippen LogP contribution in [0.2, 0.25) is 0 Å². The van der Waals surface area contributed by atoms with Crippen LogP contribution >= 0.6 is 0 Å². The van der Waals surface area contributed by atoms with Crippen molar-refractivity contribution in [3.05, 3.63) is 232 Å². The van der Waals surface area contributed by atoms with Crippen molar-refractivity contribution in [2.24, 2.45) is 0 Å². The summed E-state index contributed by atoms with van der Waals surface area (Å²) in [7, 11) is 0. The zero-order chi connectivity index (χ0) is 30.8. The zero-order valence-corrected chi connectivity index (χ0v) is 38.4. The third kappa shape index (κ3) is 17.5. The van der Waals surface area contributed by atoms with Gasteiger partial charge in [0.2, 0.25) is 0 Å². The monoisotopic (exact) mass is 1050 g/mol. The van der Waals surface area contributed by atoms with E-state index in [1.165, 1.54) is 5.56 Å². The van der Waals surface area contributed by atoms with Crippen LogP contribution in [-0.2, 0) is 32.4 Å². The van der Waals surface area contributed by atoms with Gasteiger partial charge >= 0.3 is 25.8 Å². The minimum Gasteiger partial charge on any atom is -0.486 e. The van der Waals surface area contributed by atoms with E-state index < -0.39 is 0 Å². The van der Waals surface area contributed by atoms with Crippen molar-refractivity contribution in [1.29, 1.82) is 0 Å². The second-order valence-electron chi connectivity index (χ2n) is 9.74. The van der Waals surface area contributed by atoms with E-state index in [1.807, 2.05) is 127 Å². The number of para-hydroxylation sites is 1. The number of nitrogens with zero attached hydrogens (tertiary/aromatic N) is 3. The molecule has 0 saturated heterocycles. The normalized spacial score (nSPS) is 8.92. The Hall–Kier alpha value is -2.20. The summed E-state index contributed by atoms with van der Waals surface area (Å²) in [6.07, 6.45) is 2.06. The van der Waals surface area contributed by atoms with Crippen molar-refractivity contribution < 1.29 is 108 Å². The molecule has 7 rings (SSSR count). The van der Waals surface area contributed by atoms with Gasteiger partial charge in [-0.15, -0.1) is 36.4 Å². The van der Waals surface area contributed by atoms with Crippen molar-refractivity contribution in [1.82, 2.24) is 9.55 Å². The molecule has 0 bridgehead atoms. The van der Waals surface area contributed by atoms with Gasteiger partial charge in [0.1, 0.15) is 0 Å². The van der Waals surface area contributed by atoms with Gasteiger partial charge in [-0.2, -0.15) is 73.9 Å². The first-order valence-corrected chi connectivity index (χ1v) is 14.3. The molecule has 0 aliphatic heterocycles. The minimum absolute atomic E-state index is 0. The molecule has 2 heterocycles. The molecule has 0 unspecified atom stereocenters. The molecule has 3 nitrogen and oxygen atoms in total. The van der Waals surface area contributed by atoms with Crippen LogP contribution in [0.3, 0.4) is 0 Å². The fraction of sp³-hybridized carbons (Fsp3) is 0.0238. The molecule has 48 heavy (non-hydrogen) atoms.